The molecule has 4 nitrogen and oxygen atoms in total. The van der Waals surface area contributed by atoms with E-state index in [0.29, 0.717) is 0 Å². The number of piperidine rings is 1. The Labute approximate surface area is 88.6 Å². The first-order chi connectivity index (χ1) is 6.77. The number of nitrogens with two attached hydrogens (primary N) is 1. The molecule has 2 aliphatic heterocycles. The summed E-state index contributed by atoms with van der Waals surface area (Å²) in [6, 6.07) is 0.215. The quantitative estimate of drug-likeness (QED) is 0.625. The Morgan fingerprint density at radius 1 is 1.57 bits per heavy atom. The van der Waals surface area contributed by atoms with Crippen molar-refractivity contribution in [3.63, 3.8) is 0 Å². The molecule has 0 spiro atoms. The molecule has 0 radical (unpaired) electrons. The van der Waals surface area contributed by atoms with Gasteiger partial charge in [0.05, 0.1) is 6.04 Å². The van der Waals surface area contributed by atoms with Gasteiger partial charge in [-0.15, -0.1) is 11.8 Å². The summed E-state index contributed by atoms with van der Waals surface area (Å²) in [4.78, 5) is 13.9. The summed E-state index contributed by atoms with van der Waals surface area (Å²) in [5.41, 5.74) is 5.84. The third kappa shape index (κ3) is 2.21. The van der Waals surface area contributed by atoms with Gasteiger partial charge >= 0.3 is 0 Å². The van der Waals surface area contributed by atoms with E-state index in [9.17, 15) is 4.79 Å². The van der Waals surface area contributed by atoms with E-state index < -0.39 is 0 Å². The lowest BCUT2D eigenvalue weighted by Gasteiger charge is -2.32. The van der Waals surface area contributed by atoms with E-state index in [2.05, 4.69) is 5.32 Å². The molecule has 0 aromatic rings. The molecule has 80 valence electrons. The van der Waals surface area contributed by atoms with Crippen molar-refractivity contribution in [2.24, 2.45) is 5.73 Å². The van der Waals surface area contributed by atoms with Crippen LogP contribution in [0.15, 0.2) is 0 Å². The molecular weight excluding hydrogens is 198 g/mol. The lowest BCUT2D eigenvalue weighted by atomic mass is 10.1. The van der Waals surface area contributed by atoms with Crippen molar-refractivity contribution in [1.82, 2.24) is 10.2 Å². The molecule has 3 N–H and O–H groups in total. The van der Waals surface area contributed by atoms with Crippen molar-refractivity contribution in [2.45, 2.75) is 24.9 Å². The van der Waals surface area contributed by atoms with E-state index in [1.54, 1.807) is 11.8 Å². The van der Waals surface area contributed by atoms with Crippen LogP contribution in [0.3, 0.4) is 0 Å². The molecule has 2 rings (SSSR count). The Balaban J connectivity index is 1.89. The van der Waals surface area contributed by atoms with E-state index in [4.69, 9.17) is 5.73 Å². The Bertz CT molecular complexity index is 218. The molecule has 2 aliphatic rings. The van der Waals surface area contributed by atoms with Gasteiger partial charge in [0.1, 0.15) is 0 Å². The fraction of sp³-hybridized carbons (Fsp3) is 0.889. The molecule has 5 heteroatoms. The van der Waals surface area contributed by atoms with Crippen LogP contribution in [-0.4, -0.2) is 47.6 Å². The average Bonchev–Trinajstić information content (AvgIpc) is 2.69. The van der Waals surface area contributed by atoms with Crippen LogP contribution >= 0.6 is 11.8 Å². The summed E-state index contributed by atoms with van der Waals surface area (Å²) in [7, 11) is 0. The van der Waals surface area contributed by atoms with Crippen molar-refractivity contribution in [3.8, 4) is 0 Å². The molecule has 2 heterocycles. The third-order valence-corrected chi connectivity index (χ3v) is 3.72. The van der Waals surface area contributed by atoms with Crippen molar-refractivity contribution in [2.75, 3.05) is 24.7 Å². The monoisotopic (exact) mass is 215 g/mol. The van der Waals surface area contributed by atoms with Gasteiger partial charge in [-0.05, 0) is 12.8 Å². The summed E-state index contributed by atoms with van der Waals surface area (Å²) in [6.45, 7) is 1.62. The number of thioether (sulfide) groups is 1. The van der Waals surface area contributed by atoms with Gasteiger partial charge in [-0.1, -0.05) is 0 Å². The molecule has 0 aromatic heterocycles. The number of carbonyl (C=O) groups is 1. The lowest BCUT2D eigenvalue weighted by Crippen LogP contribution is -2.51. The van der Waals surface area contributed by atoms with Gasteiger partial charge in [0.15, 0.2) is 0 Å². The summed E-state index contributed by atoms with van der Waals surface area (Å²) in [5.74, 6) is 2.05. The van der Waals surface area contributed by atoms with E-state index >= 15 is 0 Å². The summed E-state index contributed by atoms with van der Waals surface area (Å²) < 4.78 is 0. The smallest absolute Gasteiger partial charge is 0.240 e. The molecule has 14 heavy (non-hydrogen) atoms. The highest BCUT2D eigenvalue weighted by molar-refractivity contribution is 7.99. The van der Waals surface area contributed by atoms with Crippen molar-refractivity contribution in [1.29, 1.82) is 0 Å². The second-order valence-corrected chi connectivity index (χ2v) is 4.99. The highest BCUT2D eigenvalue weighted by Crippen LogP contribution is 2.15. The van der Waals surface area contributed by atoms with Crippen LogP contribution in [0.5, 0.6) is 0 Å². The van der Waals surface area contributed by atoms with Gasteiger partial charge in [0, 0.05) is 30.8 Å². The van der Waals surface area contributed by atoms with Gasteiger partial charge in [-0.2, -0.15) is 0 Å². The van der Waals surface area contributed by atoms with Crippen molar-refractivity contribution >= 4 is 17.7 Å². The molecule has 2 unspecified atom stereocenters. The summed E-state index contributed by atoms with van der Waals surface area (Å²) in [6.07, 6.45) is 2.10. The van der Waals surface area contributed by atoms with Crippen LogP contribution in [-0.2, 0) is 4.79 Å². The predicted molar refractivity (Wildman–Crippen MR) is 58.0 cm³/mol. The number of hydrogen-bond acceptors (Lipinski definition) is 4. The van der Waals surface area contributed by atoms with Gasteiger partial charge in [-0.3, -0.25) is 10.1 Å². The topological polar surface area (TPSA) is 58.4 Å². The Morgan fingerprint density at radius 2 is 2.43 bits per heavy atom. The molecular formula is C9H17N3OS. The molecule has 0 saturated carbocycles. The van der Waals surface area contributed by atoms with E-state index in [0.717, 1.165) is 37.6 Å². The largest absolute Gasteiger partial charge is 0.340 e. The fourth-order valence-electron chi connectivity index (χ4n) is 1.98. The fourth-order valence-corrected chi connectivity index (χ4v) is 2.92. The number of likely N-dealkylation sites (tertiary alicyclic amines) is 1. The molecule has 0 aromatic carbocycles. The van der Waals surface area contributed by atoms with Crippen LogP contribution in [0.25, 0.3) is 0 Å². The average molecular weight is 215 g/mol. The molecule has 0 bridgehead atoms. The number of amides is 1. The van der Waals surface area contributed by atoms with Crippen LogP contribution < -0.4 is 11.1 Å². The second kappa shape index (κ2) is 4.51. The summed E-state index contributed by atoms with van der Waals surface area (Å²) in [5, 5.41) is 3.20. The maximum absolute atomic E-state index is 11.9. The van der Waals surface area contributed by atoms with Crippen LogP contribution in [0, 0.1) is 0 Å². The Morgan fingerprint density at radius 3 is 3.07 bits per heavy atom. The van der Waals surface area contributed by atoms with Gasteiger partial charge < -0.3 is 10.6 Å². The minimum absolute atomic E-state index is 0.0327. The number of rotatable bonds is 1. The third-order valence-electron chi connectivity index (χ3n) is 2.78. The maximum atomic E-state index is 11.9. The first-order valence-corrected chi connectivity index (χ1v) is 6.28. The molecule has 1 amide bonds. The number of hydrogen-bond donors (Lipinski definition) is 2. The molecule has 2 saturated heterocycles. The zero-order valence-electron chi connectivity index (χ0n) is 8.24. The van der Waals surface area contributed by atoms with Gasteiger partial charge in [0.25, 0.3) is 0 Å². The zero-order valence-corrected chi connectivity index (χ0v) is 9.05. The SMILES string of the molecule is NC1CCCN(C(=O)C2CSCN2)C1. The standard InChI is InChI=1S/C9H17N3OS/c10-7-2-1-3-12(4-7)9(13)8-5-14-6-11-8/h7-8,11H,1-6,10H2. The number of nitrogens with zero attached hydrogens (tertiary/aromatic N) is 1. The number of nitrogens with one attached hydrogen (secondary N) is 1. The van der Waals surface area contributed by atoms with Crippen LogP contribution in [0.4, 0.5) is 0 Å². The second-order valence-electron chi connectivity index (χ2n) is 3.96. The van der Waals surface area contributed by atoms with Gasteiger partial charge in [0.2, 0.25) is 5.91 Å². The summed E-state index contributed by atoms with van der Waals surface area (Å²) >= 11 is 1.79. The van der Waals surface area contributed by atoms with E-state index in [1.165, 1.54) is 0 Å². The zero-order chi connectivity index (χ0) is 9.97. The highest BCUT2D eigenvalue weighted by atomic mass is 32.2. The minimum atomic E-state index is 0.0327. The van der Waals surface area contributed by atoms with E-state index in [1.807, 2.05) is 4.90 Å². The Kier molecular flexibility index (Phi) is 3.30. The predicted octanol–water partition coefficient (Wildman–Crippen LogP) is -0.401. The van der Waals surface area contributed by atoms with E-state index in [-0.39, 0.29) is 18.0 Å². The number of carbonyl (C=O) groups excluding carboxylic acids is 1. The van der Waals surface area contributed by atoms with Crippen molar-refractivity contribution < 1.29 is 4.79 Å². The molecule has 2 fully saturated rings. The lowest BCUT2D eigenvalue weighted by molar-refractivity contribution is -0.133. The van der Waals surface area contributed by atoms with Gasteiger partial charge in [-0.25, -0.2) is 0 Å². The minimum Gasteiger partial charge on any atom is -0.340 e. The van der Waals surface area contributed by atoms with Crippen molar-refractivity contribution in [3.05, 3.63) is 0 Å². The first kappa shape index (κ1) is 10.3. The van der Waals surface area contributed by atoms with Crippen LogP contribution in [0.2, 0.25) is 0 Å². The normalized spacial score (nSPS) is 33.4. The Hall–Kier alpha value is -0.260. The first-order valence-electron chi connectivity index (χ1n) is 5.13. The molecule has 2 atom stereocenters. The maximum Gasteiger partial charge on any atom is 0.240 e. The van der Waals surface area contributed by atoms with Crippen LogP contribution in [0.1, 0.15) is 12.8 Å². The highest BCUT2D eigenvalue weighted by Gasteiger charge is 2.29. The molecule has 0 aliphatic carbocycles.